The Morgan fingerprint density at radius 3 is 2.08 bits per heavy atom. The lowest BCUT2D eigenvalue weighted by Crippen LogP contribution is -2.19. The molecule has 0 aromatic heterocycles. The number of unbranched alkanes of at least 4 members (excludes halogenated alkanes) is 12. The first-order valence-electron chi connectivity index (χ1n) is 15.6. The summed E-state index contributed by atoms with van der Waals surface area (Å²) in [5.41, 5.74) is 1.10. The van der Waals surface area contributed by atoms with Crippen LogP contribution in [0.4, 0.5) is 0 Å². The molecule has 3 rings (SSSR count). The first-order chi connectivity index (χ1) is 19.5. The van der Waals surface area contributed by atoms with Crippen LogP contribution in [-0.2, 0) is 16.0 Å². The molecular weight excluding hydrogens is 496 g/mol. The van der Waals surface area contributed by atoms with E-state index >= 15 is 0 Å². The molecule has 0 aliphatic carbocycles. The Labute approximate surface area is 240 Å². The largest absolute Gasteiger partial charge is 0.481 e. The standard InChI is InChI=1S/C36H48O4/c1-3-5-6-7-8-9-10-11-12-13-14-15-16-17-22-31(36(38)39)27-33(37)40-35-32-25-19-18-21-29(32)26-30-24-20-23-28(4-2)34(30)35/h17-26,31H,3-16,27H2,1-2H3,(H,38,39). The lowest BCUT2D eigenvalue weighted by Gasteiger charge is -2.15. The maximum absolute atomic E-state index is 13.0. The van der Waals surface area contributed by atoms with Crippen LogP contribution < -0.4 is 4.74 Å². The van der Waals surface area contributed by atoms with Crippen LogP contribution in [0.15, 0.2) is 60.7 Å². The van der Waals surface area contributed by atoms with Gasteiger partial charge in [0, 0.05) is 10.8 Å². The summed E-state index contributed by atoms with van der Waals surface area (Å²) in [5, 5.41) is 13.5. The zero-order valence-electron chi connectivity index (χ0n) is 24.6. The van der Waals surface area contributed by atoms with Crippen molar-refractivity contribution in [1.82, 2.24) is 0 Å². The van der Waals surface area contributed by atoms with Crippen molar-refractivity contribution in [2.24, 2.45) is 5.92 Å². The molecule has 0 bridgehead atoms. The highest BCUT2D eigenvalue weighted by molar-refractivity contribution is 6.07. The summed E-state index contributed by atoms with van der Waals surface area (Å²) in [5.74, 6) is -1.89. The summed E-state index contributed by atoms with van der Waals surface area (Å²) < 4.78 is 5.95. The lowest BCUT2D eigenvalue weighted by molar-refractivity contribution is -0.145. The summed E-state index contributed by atoms with van der Waals surface area (Å²) in [6, 6.07) is 16.0. The Bertz CT molecular complexity index is 1240. The molecule has 216 valence electrons. The van der Waals surface area contributed by atoms with E-state index in [1.54, 1.807) is 6.08 Å². The molecular formula is C36H48O4. The van der Waals surface area contributed by atoms with Crippen molar-refractivity contribution in [3.63, 3.8) is 0 Å². The van der Waals surface area contributed by atoms with Gasteiger partial charge in [-0.3, -0.25) is 9.59 Å². The first-order valence-corrected chi connectivity index (χ1v) is 15.6. The minimum atomic E-state index is -1.00. The molecule has 0 saturated carbocycles. The second-order valence-electron chi connectivity index (χ2n) is 11.0. The van der Waals surface area contributed by atoms with Crippen LogP contribution in [-0.4, -0.2) is 17.0 Å². The van der Waals surface area contributed by atoms with Crippen molar-refractivity contribution >= 4 is 33.5 Å². The van der Waals surface area contributed by atoms with Crippen LogP contribution in [0.2, 0.25) is 0 Å². The van der Waals surface area contributed by atoms with Gasteiger partial charge in [0.15, 0.2) is 0 Å². The average molecular weight is 545 g/mol. The molecule has 1 unspecified atom stereocenters. The van der Waals surface area contributed by atoms with Crippen molar-refractivity contribution in [3.05, 3.63) is 66.2 Å². The minimum absolute atomic E-state index is 0.191. The molecule has 40 heavy (non-hydrogen) atoms. The van der Waals surface area contributed by atoms with E-state index in [9.17, 15) is 14.7 Å². The predicted octanol–water partition coefficient (Wildman–Crippen LogP) is 10.2. The van der Waals surface area contributed by atoms with E-state index in [1.165, 1.54) is 64.2 Å². The second kappa shape index (κ2) is 17.5. The zero-order valence-corrected chi connectivity index (χ0v) is 24.6. The summed E-state index contributed by atoms with van der Waals surface area (Å²) in [6.07, 6.45) is 20.6. The maximum Gasteiger partial charge on any atom is 0.312 e. The summed E-state index contributed by atoms with van der Waals surface area (Å²) in [4.78, 5) is 25.0. The normalized spacial score (nSPS) is 12.3. The Morgan fingerprint density at radius 1 is 0.800 bits per heavy atom. The average Bonchev–Trinajstić information content (AvgIpc) is 2.96. The molecule has 0 aliphatic heterocycles. The van der Waals surface area contributed by atoms with Crippen LogP contribution in [0.25, 0.3) is 21.5 Å². The third-order valence-corrected chi connectivity index (χ3v) is 7.82. The SMILES string of the molecule is CCCCCCCCCCCCCCC=CC(CC(=O)Oc1c2ccccc2cc2cccc(CC)c12)C(=O)O. The molecule has 0 fully saturated rings. The van der Waals surface area contributed by atoms with E-state index in [4.69, 9.17) is 4.74 Å². The number of benzene rings is 3. The molecule has 0 aliphatic rings. The van der Waals surface area contributed by atoms with Gasteiger partial charge < -0.3 is 9.84 Å². The highest BCUT2D eigenvalue weighted by Crippen LogP contribution is 2.37. The van der Waals surface area contributed by atoms with Gasteiger partial charge in [-0.15, -0.1) is 0 Å². The van der Waals surface area contributed by atoms with Crippen LogP contribution >= 0.6 is 0 Å². The summed E-state index contributed by atoms with van der Waals surface area (Å²) in [6.45, 7) is 4.34. The van der Waals surface area contributed by atoms with Gasteiger partial charge in [-0.2, -0.15) is 0 Å². The third-order valence-electron chi connectivity index (χ3n) is 7.82. The Hall–Kier alpha value is -3.14. The van der Waals surface area contributed by atoms with Crippen LogP contribution in [0, 0.1) is 5.92 Å². The number of esters is 1. The van der Waals surface area contributed by atoms with E-state index in [2.05, 4.69) is 19.9 Å². The predicted molar refractivity (Wildman–Crippen MR) is 167 cm³/mol. The van der Waals surface area contributed by atoms with Gasteiger partial charge in [0.1, 0.15) is 5.75 Å². The van der Waals surface area contributed by atoms with E-state index in [1.807, 2.05) is 48.5 Å². The van der Waals surface area contributed by atoms with E-state index < -0.39 is 17.9 Å². The van der Waals surface area contributed by atoms with Crippen LogP contribution in [0.5, 0.6) is 5.75 Å². The van der Waals surface area contributed by atoms with Crippen molar-refractivity contribution in [1.29, 1.82) is 0 Å². The molecule has 3 aromatic carbocycles. The molecule has 4 nitrogen and oxygen atoms in total. The number of fused-ring (bicyclic) bond motifs is 2. The molecule has 0 radical (unpaired) electrons. The Kier molecular flexibility index (Phi) is 13.8. The van der Waals surface area contributed by atoms with Gasteiger partial charge >= 0.3 is 11.9 Å². The number of aryl methyl sites for hydroxylation is 1. The van der Waals surface area contributed by atoms with Crippen molar-refractivity contribution in [2.75, 3.05) is 0 Å². The number of carboxylic acids is 1. The number of allylic oxidation sites excluding steroid dienone is 1. The number of carbonyl (C=O) groups is 2. The Morgan fingerprint density at radius 2 is 1.43 bits per heavy atom. The minimum Gasteiger partial charge on any atom is -0.481 e. The van der Waals surface area contributed by atoms with Gasteiger partial charge in [-0.25, -0.2) is 0 Å². The third kappa shape index (κ3) is 9.80. The molecule has 1 atom stereocenters. The topological polar surface area (TPSA) is 63.6 Å². The summed E-state index contributed by atoms with van der Waals surface area (Å²) >= 11 is 0. The molecule has 3 aromatic rings. The monoisotopic (exact) mass is 544 g/mol. The number of aliphatic carboxylic acids is 1. The maximum atomic E-state index is 13.0. The fourth-order valence-electron chi connectivity index (χ4n) is 5.49. The lowest BCUT2D eigenvalue weighted by atomic mass is 9.97. The molecule has 1 N–H and O–H groups in total. The number of rotatable bonds is 19. The first kappa shape index (κ1) is 31.4. The van der Waals surface area contributed by atoms with Crippen LogP contribution in [0.1, 0.15) is 109 Å². The van der Waals surface area contributed by atoms with Crippen LogP contribution in [0.3, 0.4) is 0 Å². The number of carbonyl (C=O) groups excluding carboxylic acids is 1. The van der Waals surface area contributed by atoms with Gasteiger partial charge in [0.2, 0.25) is 0 Å². The van der Waals surface area contributed by atoms with Gasteiger partial charge in [-0.05, 0) is 41.7 Å². The molecule has 0 heterocycles. The van der Waals surface area contributed by atoms with Crippen molar-refractivity contribution in [3.8, 4) is 5.75 Å². The van der Waals surface area contributed by atoms with E-state index in [-0.39, 0.29) is 6.42 Å². The molecule has 0 saturated heterocycles. The van der Waals surface area contributed by atoms with Gasteiger partial charge in [0.05, 0.1) is 12.3 Å². The van der Waals surface area contributed by atoms with Gasteiger partial charge in [0.25, 0.3) is 0 Å². The highest BCUT2D eigenvalue weighted by Gasteiger charge is 2.22. The fraction of sp³-hybridized carbons (Fsp3) is 0.500. The van der Waals surface area contributed by atoms with Crippen molar-refractivity contribution < 1.29 is 19.4 Å². The summed E-state index contributed by atoms with van der Waals surface area (Å²) in [7, 11) is 0. The second-order valence-corrected chi connectivity index (χ2v) is 11.0. The fourth-order valence-corrected chi connectivity index (χ4v) is 5.49. The molecule has 0 spiro atoms. The number of hydrogen-bond acceptors (Lipinski definition) is 3. The molecule has 4 heteroatoms. The number of hydrogen-bond donors (Lipinski definition) is 1. The van der Waals surface area contributed by atoms with E-state index in [0.29, 0.717) is 5.75 Å². The van der Waals surface area contributed by atoms with E-state index in [0.717, 1.165) is 52.8 Å². The quantitative estimate of drug-likeness (QED) is 0.0536. The zero-order chi connectivity index (χ0) is 28.6. The smallest absolute Gasteiger partial charge is 0.312 e. The Balaban J connectivity index is 1.48. The van der Waals surface area contributed by atoms with Crippen molar-refractivity contribution in [2.45, 2.75) is 110 Å². The highest BCUT2D eigenvalue weighted by atomic mass is 16.5. The number of ether oxygens (including phenoxy) is 1. The van der Waals surface area contributed by atoms with Gasteiger partial charge in [-0.1, -0.05) is 139 Å². The molecule has 0 amide bonds. The number of carboxylic acid groups (broad SMARTS) is 1.